The maximum absolute atomic E-state index is 6.92. The smallest absolute Gasteiger partial charge is 0.136 e. The minimum atomic E-state index is -0.110. The van der Waals surface area contributed by atoms with Crippen LogP contribution in [-0.4, -0.2) is 12.1 Å². The maximum Gasteiger partial charge on any atom is 0.136 e. The van der Waals surface area contributed by atoms with Gasteiger partial charge in [-0.05, 0) is 132 Å². The van der Waals surface area contributed by atoms with Crippen molar-refractivity contribution in [1.82, 2.24) is 0 Å². The van der Waals surface area contributed by atoms with Crippen LogP contribution < -0.4 is 4.90 Å². The molecule has 0 radical (unpaired) electrons. The van der Waals surface area contributed by atoms with Crippen LogP contribution in [-0.2, 0) is 18.3 Å². The number of hydrogen-bond acceptors (Lipinski definition) is 2. The predicted molar refractivity (Wildman–Crippen MR) is 215 cm³/mol. The zero-order chi connectivity index (χ0) is 34.1. The lowest BCUT2D eigenvalue weighted by Gasteiger charge is -2.43. The molecule has 2 fully saturated rings. The molecule has 2 saturated carbocycles. The summed E-state index contributed by atoms with van der Waals surface area (Å²) in [5, 5.41) is 2.46. The van der Waals surface area contributed by atoms with Crippen LogP contribution in [0.5, 0.6) is 0 Å². The summed E-state index contributed by atoms with van der Waals surface area (Å²) in [4.78, 5) is 2.88. The molecule has 4 aliphatic rings. The fraction of sp³-hybridized carbons (Fsp3) is 0.388. The van der Waals surface area contributed by atoms with Gasteiger partial charge in [-0.1, -0.05) is 113 Å². The van der Waals surface area contributed by atoms with Crippen molar-refractivity contribution < 1.29 is 4.42 Å². The molecule has 5 aromatic carbocycles. The lowest BCUT2D eigenvalue weighted by atomic mass is 9.81. The van der Waals surface area contributed by atoms with Gasteiger partial charge in [0.1, 0.15) is 11.2 Å². The SMILES string of the molecule is CC1(C)c2ccccc2-c2c1cc1oc3cc(-c4ccc5c(c4)CCCC5)ccc3c1c2-c1ccc(N(C2CCCCC2)C2CCCCC2)cc1. The predicted octanol–water partition coefficient (Wildman–Crippen LogP) is 13.6. The second kappa shape index (κ2) is 12.4. The van der Waals surface area contributed by atoms with Crippen molar-refractivity contribution in [2.45, 2.75) is 121 Å². The number of aryl methyl sites for hydroxylation is 2. The zero-order valence-corrected chi connectivity index (χ0v) is 30.6. The molecule has 51 heavy (non-hydrogen) atoms. The summed E-state index contributed by atoms with van der Waals surface area (Å²) in [6.45, 7) is 4.78. The van der Waals surface area contributed by atoms with E-state index in [1.807, 2.05) is 0 Å². The highest BCUT2D eigenvalue weighted by molar-refractivity contribution is 6.18. The van der Waals surface area contributed by atoms with Gasteiger partial charge in [0, 0.05) is 39.5 Å². The molecule has 2 nitrogen and oxygen atoms in total. The van der Waals surface area contributed by atoms with Crippen molar-refractivity contribution in [3.8, 4) is 33.4 Å². The molecule has 1 heterocycles. The van der Waals surface area contributed by atoms with Crippen molar-refractivity contribution in [2.75, 3.05) is 4.90 Å². The number of nitrogens with zero attached hydrogens (tertiary/aromatic N) is 1. The second-order valence-corrected chi connectivity index (χ2v) is 16.8. The van der Waals surface area contributed by atoms with Crippen LogP contribution in [0.3, 0.4) is 0 Å². The minimum Gasteiger partial charge on any atom is -0.456 e. The Balaban J connectivity index is 1.14. The van der Waals surface area contributed by atoms with E-state index in [-0.39, 0.29) is 5.41 Å². The van der Waals surface area contributed by atoms with Gasteiger partial charge in [-0.25, -0.2) is 0 Å². The average molecular weight is 670 g/mol. The van der Waals surface area contributed by atoms with Crippen molar-refractivity contribution in [1.29, 1.82) is 0 Å². The molecule has 0 amide bonds. The number of hydrogen-bond donors (Lipinski definition) is 0. The lowest BCUT2D eigenvalue weighted by molar-refractivity contribution is 0.340. The average Bonchev–Trinajstić information content (AvgIpc) is 3.66. The van der Waals surface area contributed by atoms with Gasteiger partial charge in [-0.2, -0.15) is 0 Å². The van der Waals surface area contributed by atoms with Gasteiger partial charge in [-0.3, -0.25) is 0 Å². The molecule has 0 unspecified atom stereocenters. The van der Waals surface area contributed by atoms with Crippen LogP contribution >= 0.6 is 0 Å². The van der Waals surface area contributed by atoms with E-state index in [4.69, 9.17) is 4.42 Å². The molecule has 2 heteroatoms. The number of benzene rings is 5. The normalized spacial score (nSPS) is 18.9. The highest BCUT2D eigenvalue weighted by Crippen LogP contribution is 2.56. The van der Waals surface area contributed by atoms with E-state index in [0.29, 0.717) is 12.1 Å². The molecular weight excluding hydrogens is 619 g/mol. The van der Waals surface area contributed by atoms with E-state index in [9.17, 15) is 0 Å². The van der Waals surface area contributed by atoms with E-state index in [2.05, 4.69) is 110 Å². The van der Waals surface area contributed by atoms with Crippen molar-refractivity contribution >= 4 is 27.6 Å². The molecule has 0 saturated heterocycles. The summed E-state index contributed by atoms with van der Waals surface area (Å²) >= 11 is 0. The number of fused-ring (bicyclic) bond motifs is 7. The third kappa shape index (κ3) is 5.19. The van der Waals surface area contributed by atoms with E-state index in [1.54, 1.807) is 0 Å². The van der Waals surface area contributed by atoms with Gasteiger partial charge < -0.3 is 9.32 Å². The van der Waals surface area contributed by atoms with Gasteiger partial charge in [0.2, 0.25) is 0 Å². The fourth-order valence-corrected chi connectivity index (χ4v) is 10.7. The number of furan rings is 1. The summed E-state index contributed by atoms with van der Waals surface area (Å²) in [6.07, 6.45) is 18.7. The molecule has 1 aromatic heterocycles. The first-order chi connectivity index (χ1) is 25.0. The Kier molecular flexibility index (Phi) is 7.66. The molecule has 4 aliphatic carbocycles. The quantitative estimate of drug-likeness (QED) is 0.182. The van der Waals surface area contributed by atoms with Crippen molar-refractivity contribution in [3.05, 3.63) is 113 Å². The molecule has 258 valence electrons. The van der Waals surface area contributed by atoms with Gasteiger partial charge >= 0.3 is 0 Å². The highest BCUT2D eigenvalue weighted by Gasteiger charge is 2.39. The van der Waals surface area contributed by atoms with E-state index < -0.39 is 0 Å². The van der Waals surface area contributed by atoms with Crippen molar-refractivity contribution in [2.24, 2.45) is 0 Å². The molecule has 6 aromatic rings. The lowest BCUT2D eigenvalue weighted by Crippen LogP contribution is -2.45. The van der Waals surface area contributed by atoms with Gasteiger partial charge in [0.25, 0.3) is 0 Å². The molecule has 10 rings (SSSR count). The summed E-state index contributed by atoms with van der Waals surface area (Å²) in [5.74, 6) is 0. The standard InChI is InChI=1S/C49H51NO/c1-49(2)42-20-12-11-19-40(42)47-43(49)31-45-48(41-28-25-36(30-44(41)51-45)35-22-21-32-13-9-10-14-34(32)29-35)46(47)33-23-26-39(27-24-33)50(37-15-5-3-6-16-37)38-17-7-4-8-18-38/h11-12,19-31,37-38H,3-10,13-18H2,1-2H3. The van der Waals surface area contributed by atoms with Crippen LogP contribution in [0, 0.1) is 0 Å². The topological polar surface area (TPSA) is 16.4 Å². The summed E-state index contributed by atoms with van der Waals surface area (Å²) in [7, 11) is 0. The first kappa shape index (κ1) is 31.4. The summed E-state index contributed by atoms with van der Waals surface area (Å²) in [6, 6.07) is 36.7. The molecule has 0 spiro atoms. The van der Waals surface area contributed by atoms with Crippen LogP contribution in [0.2, 0.25) is 0 Å². The van der Waals surface area contributed by atoms with E-state index >= 15 is 0 Å². The van der Waals surface area contributed by atoms with E-state index in [1.165, 1.54) is 162 Å². The first-order valence-corrected chi connectivity index (χ1v) is 20.2. The Hall–Kier alpha value is -4.30. The Morgan fingerprint density at radius 1 is 0.549 bits per heavy atom. The van der Waals surface area contributed by atoms with E-state index in [0.717, 1.165) is 11.2 Å². The fourth-order valence-electron chi connectivity index (χ4n) is 10.7. The Morgan fingerprint density at radius 2 is 1.20 bits per heavy atom. The third-order valence-electron chi connectivity index (χ3n) is 13.4. The molecule has 0 N–H and O–H groups in total. The van der Waals surface area contributed by atoms with Crippen LogP contribution in [0.1, 0.15) is 113 Å². The first-order valence-electron chi connectivity index (χ1n) is 20.2. The van der Waals surface area contributed by atoms with Gasteiger partial charge in [0.15, 0.2) is 0 Å². The Labute approximate surface area is 303 Å². The third-order valence-corrected chi connectivity index (χ3v) is 13.4. The summed E-state index contributed by atoms with van der Waals surface area (Å²) in [5.41, 5.74) is 17.0. The van der Waals surface area contributed by atoms with Gasteiger partial charge in [0.05, 0.1) is 0 Å². The molecule has 0 atom stereocenters. The zero-order valence-electron chi connectivity index (χ0n) is 30.6. The molecular formula is C49H51NO. The van der Waals surface area contributed by atoms with Crippen LogP contribution in [0.25, 0.3) is 55.3 Å². The van der Waals surface area contributed by atoms with Crippen molar-refractivity contribution in [3.63, 3.8) is 0 Å². The van der Waals surface area contributed by atoms with Gasteiger partial charge in [-0.15, -0.1) is 0 Å². The number of rotatable bonds is 5. The molecule has 0 aliphatic heterocycles. The Bertz CT molecular complexity index is 2240. The monoisotopic (exact) mass is 669 g/mol. The highest BCUT2D eigenvalue weighted by atomic mass is 16.3. The minimum absolute atomic E-state index is 0.110. The summed E-state index contributed by atoms with van der Waals surface area (Å²) < 4.78 is 6.92. The molecule has 0 bridgehead atoms. The van der Waals surface area contributed by atoms with Crippen LogP contribution in [0.4, 0.5) is 5.69 Å². The number of anilines is 1. The second-order valence-electron chi connectivity index (χ2n) is 16.8. The largest absolute Gasteiger partial charge is 0.456 e. The maximum atomic E-state index is 6.92. The van der Waals surface area contributed by atoms with Crippen LogP contribution in [0.15, 0.2) is 95.4 Å². The Morgan fingerprint density at radius 3 is 1.94 bits per heavy atom.